The summed E-state index contributed by atoms with van der Waals surface area (Å²) in [7, 11) is -2.94. The quantitative estimate of drug-likeness (QED) is 0.916. The smallest absolute Gasteiger partial charge is 0.240 e. The molecule has 2 aromatic rings. The predicted octanol–water partition coefficient (Wildman–Crippen LogP) is 2.06. The van der Waals surface area contributed by atoms with E-state index in [1.807, 2.05) is 19.1 Å². The highest BCUT2D eigenvalue weighted by molar-refractivity contribution is 7.91. The van der Waals surface area contributed by atoms with E-state index in [0.29, 0.717) is 29.7 Å². The second-order valence-electron chi connectivity index (χ2n) is 5.77. The maximum absolute atomic E-state index is 11.6. The summed E-state index contributed by atoms with van der Waals surface area (Å²) in [6.45, 7) is 2.24. The molecule has 1 aromatic heterocycles. The van der Waals surface area contributed by atoms with Gasteiger partial charge in [0.1, 0.15) is 0 Å². The summed E-state index contributed by atoms with van der Waals surface area (Å²) < 4.78 is 28.3. The van der Waals surface area contributed by atoms with Gasteiger partial charge in [-0.2, -0.15) is 4.98 Å². The van der Waals surface area contributed by atoms with E-state index in [1.165, 1.54) is 0 Å². The van der Waals surface area contributed by atoms with Crippen molar-refractivity contribution in [3.8, 4) is 11.4 Å². The molecule has 2 heterocycles. The molecule has 0 radical (unpaired) electrons. The van der Waals surface area contributed by atoms with Crippen molar-refractivity contribution >= 4 is 21.4 Å². The highest BCUT2D eigenvalue weighted by Crippen LogP contribution is 2.23. The van der Waals surface area contributed by atoms with Gasteiger partial charge in [0.15, 0.2) is 9.84 Å². The Labute approximate surface area is 133 Å². The molecule has 0 amide bonds. The van der Waals surface area contributed by atoms with Crippen molar-refractivity contribution in [3.63, 3.8) is 0 Å². The number of benzene rings is 1. The van der Waals surface area contributed by atoms with Crippen LogP contribution in [0.15, 0.2) is 28.8 Å². The van der Waals surface area contributed by atoms with Crippen LogP contribution in [0.25, 0.3) is 11.4 Å². The molecule has 0 bridgehead atoms. The molecule has 1 aromatic carbocycles. The number of rotatable bonds is 4. The van der Waals surface area contributed by atoms with E-state index >= 15 is 0 Å². The summed E-state index contributed by atoms with van der Waals surface area (Å²) in [5.74, 6) is 1.27. The van der Waals surface area contributed by atoms with Gasteiger partial charge in [0.25, 0.3) is 0 Å². The van der Waals surface area contributed by atoms with Crippen molar-refractivity contribution in [3.05, 3.63) is 35.2 Å². The van der Waals surface area contributed by atoms with Crippen LogP contribution in [0, 0.1) is 0 Å². The van der Waals surface area contributed by atoms with Crippen LogP contribution in [0.1, 0.15) is 19.2 Å². The highest BCUT2D eigenvalue weighted by atomic mass is 35.5. The van der Waals surface area contributed by atoms with Crippen LogP contribution in [0.3, 0.4) is 0 Å². The highest BCUT2D eigenvalue weighted by Gasteiger charge is 2.38. The average molecular weight is 342 g/mol. The Morgan fingerprint density at radius 3 is 2.73 bits per heavy atom. The van der Waals surface area contributed by atoms with Gasteiger partial charge in [-0.3, -0.25) is 0 Å². The first-order valence-electron chi connectivity index (χ1n) is 6.89. The molecule has 1 saturated heterocycles. The fourth-order valence-corrected chi connectivity index (χ4v) is 4.73. The van der Waals surface area contributed by atoms with Crippen LogP contribution in [0.2, 0.25) is 5.02 Å². The minimum Gasteiger partial charge on any atom is -0.338 e. The third kappa shape index (κ3) is 3.48. The van der Waals surface area contributed by atoms with Gasteiger partial charge in [0, 0.05) is 16.1 Å². The van der Waals surface area contributed by atoms with Crippen LogP contribution in [0.4, 0.5) is 0 Å². The SMILES string of the molecule is CC1(NCc2nc(-c3ccc(Cl)cc3)no2)CCS(=O)(=O)C1. The third-order valence-corrected chi connectivity index (χ3v) is 5.90. The maximum Gasteiger partial charge on any atom is 0.240 e. The predicted molar refractivity (Wildman–Crippen MR) is 83.3 cm³/mol. The molecule has 1 fully saturated rings. The van der Waals surface area contributed by atoms with Crippen molar-refractivity contribution in [2.24, 2.45) is 0 Å². The van der Waals surface area contributed by atoms with E-state index in [9.17, 15) is 8.42 Å². The van der Waals surface area contributed by atoms with E-state index in [0.717, 1.165) is 5.56 Å². The van der Waals surface area contributed by atoms with Gasteiger partial charge < -0.3 is 9.84 Å². The summed E-state index contributed by atoms with van der Waals surface area (Å²) in [5, 5.41) is 7.78. The monoisotopic (exact) mass is 341 g/mol. The number of hydrogen-bond acceptors (Lipinski definition) is 6. The molecular formula is C14H16ClN3O3S. The molecule has 1 aliphatic rings. The lowest BCUT2D eigenvalue weighted by molar-refractivity contribution is 0.327. The Morgan fingerprint density at radius 1 is 1.36 bits per heavy atom. The Bertz CT molecular complexity index is 773. The van der Waals surface area contributed by atoms with Crippen molar-refractivity contribution in [1.82, 2.24) is 15.5 Å². The van der Waals surface area contributed by atoms with E-state index in [-0.39, 0.29) is 11.5 Å². The topological polar surface area (TPSA) is 85.1 Å². The lowest BCUT2D eigenvalue weighted by atomic mass is 10.0. The minimum absolute atomic E-state index is 0.137. The van der Waals surface area contributed by atoms with Crippen LogP contribution in [-0.2, 0) is 16.4 Å². The Balaban J connectivity index is 1.66. The molecule has 6 nitrogen and oxygen atoms in total. The Hall–Kier alpha value is -1.44. The summed E-state index contributed by atoms with van der Waals surface area (Å²) in [5.41, 5.74) is 0.377. The van der Waals surface area contributed by atoms with Crippen LogP contribution < -0.4 is 5.32 Å². The Kier molecular flexibility index (Phi) is 3.96. The van der Waals surface area contributed by atoms with Gasteiger partial charge in [-0.15, -0.1) is 0 Å². The fourth-order valence-electron chi connectivity index (χ4n) is 2.48. The summed E-state index contributed by atoms with van der Waals surface area (Å²) in [6, 6.07) is 7.15. The minimum atomic E-state index is -2.94. The maximum atomic E-state index is 11.6. The zero-order valence-electron chi connectivity index (χ0n) is 12.0. The number of hydrogen-bond donors (Lipinski definition) is 1. The summed E-state index contributed by atoms with van der Waals surface area (Å²) >= 11 is 5.84. The molecule has 3 rings (SSSR count). The van der Waals surface area contributed by atoms with Gasteiger partial charge in [0.05, 0.1) is 18.1 Å². The molecule has 0 spiro atoms. The molecule has 1 N–H and O–H groups in total. The number of aromatic nitrogens is 2. The Morgan fingerprint density at radius 2 is 2.09 bits per heavy atom. The van der Waals surface area contributed by atoms with Crippen molar-refractivity contribution in [2.45, 2.75) is 25.4 Å². The molecule has 118 valence electrons. The lowest BCUT2D eigenvalue weighted by Crippen LogP contribution is -2.42. The molecule has 8 heteroatoms. The second kappa shape index (κ2) is 5.64. The van der Waals surface area contributed by atoms with Crippen LogP contribution >= 0.6 is 11.6 Å². The molecule has 0 aliphatic carbocycles. The van der Waals surface area contributed by atoms with Crippen LogP contribution in [0.5, 0.6) is 0 Å². The first-order valence-corrected chi connectivity index (χ1v) is 9.09. The number of sulfone groups is 1. The second-order valence-corrected chi connectivity index (χ2v) is 8.40. The number of nitrogens with zero attached hydrogens (tertiary/aromatic N) is 2. The average Bonchev–Trinajstić information content (AvgIpc) is 3.03. The van der Waals surface area contributed by atoms with Gasteiger partial charge in [-0.1, -0.05) is 16.8 Å². The van der Waals surface area contributed by atoms with Crippen molar-refractivity contribution < 1.29 is 12.9 Å². The van der Waals surface area contributed by atoms with Crippen molar-refractivity contribution in [2.75, 3.05) is 11.5 Å². The molecule has 1 unspecified atom stereocenters. The fraction of sp³-hybridized carbons (Fsp3) is 0.429. The third-order valence-electron chi connectivity index (χ3n) is 3.74. The zero-order chi connectivity index (χ0) is 15.8. The first kappa shape index (κ1) is 15.5. The molecule has 0 saturated carbocycles. The standard InChI is InChI=1S/C14H16ClN3O3S/c1-14(6-7-22(19,20)9-14)16-8-12-17-13(18-21-12)10-2-4-11(15)5-3-10/h2-5,16H,6-9H2,1H3. The molecule has 22 heavy (non-hydrogen) atoms. The summed E-state index contributed by atoms with van der Waals surface area (Å²) in [6.07, 6.45) is 0.591. The van der Waals surface area contributed by atoms with Gasteiger partial charge in [-0.25, -0.2) is 8.42 Å². The molecule has 1 atom stereocenters. The lowest BCUT2D eigenvalue weighted by Gasteiger charge is -2.22. The van der Waals surface area contributed by atoms with E-state index < -0.39 is 15.4 Å². The number of halogens is 1. The van der Waals surface area contributed by atoms with Gasteiger partial charge in [0.2, 0.25) is 11.7 Å². The summed E-state index contributed by atoms with van der Waals surface area (Å²) in [4.78, 5) is 4.31. The van der Waals surface area contributed by atoms with Gasteiger partial charge >= 0.3 is 0 Å². The van der Waals surface area contributed by atoms with Gasteiger partial charge in [-0.05, 0) is 37.6 Å². The molecule has 1 aliphatic heterocycles. The normalized spacial score (nSPS) is 23.7. The van der Waals surface area contributed by atoms with Crippen LogP contribution in [-0.4, -0.2) is 35.6 Å². The largest absolute Gasteiger partial charge is 0.338 e. The zero-order valence-corrected chi connectivity index (χ0v) is 13.6. The first-order chi connectivity index (χ1) is 10.4. The van der Waals surface area contributed by atoms with E-state index in [1.54, 1.807) is 12.1 Å². The molecular weight excluding hydrogens is 326 g/mol. The van der Waals surface area contributed by atoms with Crippen molar-refractivity contribution in [1.29, 1.82) is 0 Å². The van der Waals surface area contributed by atoms with E-state index in [2.05, 4.69) is 15.5 Å². The number of nitrogens with one attached hydrogen (secondary N) is 1. The van der Waals surface area contributed by atoms with E-state index in [4.69, 9.17) is 16.1 Å².